The van der Waals surface area contributed by atoms with E-state index in [4.69, 9.17) is 0 Å². The van der Waals surface area contributed by atoms with E-state index in [0.717, 1.165) is 6.42 Å². The lowest BCUT2D eigenvalue weighted by atomic mass is 9.77. The van der Waals surface area contributed by atoms with Gasteiger partial charge in [-0.15, -0.1) is 6.58 Å². The second-order valence-electron chi connectivity index (χ2n) is 4.90. The molecule has 0 bridgehead atoms. The summed E-state index contributed by atoms with van der Waals surface area (Å²) >= 11 is 0. The largest absolute Gasteiger partial charge is 0.103 e. The number of benzene rings is 1. The van der Waals surface area contributed by atoms with E-state index in [2.05, 4.69) is 63.8 Å². The molecule has 0 aromatic heterocycles. The molecule has 1 rings (SSSR count). The Labute approximate surface area is 87.7 Å². The van der Waals surface area contributed by atoms with E-state index in [0.29, 0.717) is 11.3 Å². The second kappa shape index (κ2) is 4.45. The Kier molecular flexibility index (Phi) is 3.51. The highest BCUT2D eigenvalue weighted by molar-refractivity contribution is 5.16. The highest BCUT2D eigenvalue weighted by Crippen LogP contribution is 2.29. The average molecular weight is 188 g/mol. The molecule has 0 aliphatic carbocycles. The molecule has 14 heavy (non-hydrogen) atoms. The molecule has 0 heterocycles. The van der Waals surface area contributed by atoms with Crippen LogP contribution in [0.5, 0.6) is 0 Å². The van der Waals surface area contributed by atoms with Crippen molar-refractivity contribution < 1.29 is 0 Å². The van der Waals surface area contributed by atoms with Gasteiger partial charge in [0.15, 0.2) is 0 Å². The maximum absolute atomic E-state index is 3.92. The molecule has 0 aliphatic rings. The van der Waals surface area contributed by atoms with Crippen LogP contribution in [0.2, 0.25) is 0 Å². The van der Waals surface area contributed by atoms with Crippen molar-refractivity contribution >= 4 is 0 Å². The molecule has 0 heteroatoms. The Bertz CT molecular complexity index is 277. The van der Waals surface area contributed by atoms with Crippen LogP contribution in [0.3, 0.4) is 0 Å². The van der Waals surface area contributed by atoms with E-state index in [-0.39, 0.29) is 0 Å². The van der Waals surface area contributed by atoms with Crippen LogP contribution in [-0.4, -0.2) is 0 Å². The first-order chi connectivity index (χ1) is 6.54. The molecule has 1 aromatic carbocycles. The molecule has 0 saturated carbocycles. The fourth-order valence-electron chi connectivity index (χ4n) is 1.61. The number of hydrogen-bond donors (Lipinski definition) is 0. The van der Waals surface area contributed by atoms with Crippen LogP contribution in [0, 0.1) is 11.3 Å². The smallest absolute Gasteiger partial charge is 0.0147 e. The van der Waals surface area contributed by atoms with Crippen LogP contribution in [0.1, 0.15) is 26.3 Å². The van der Waals surface area contributed by atoms with E-state index in [1.165, 1.54) is 5.56 Å². The van der Waals surface area contributed by atoms with Crippen LogP contribution in [-0.2, 0) is 6.42 Å². The van der Waals surface area contributed by atoms with Crippen molar-refractivity contribution in [3.8, 4) is 0 Å². The topological polar surface area (TPSA) is 0 Å². The molecular formula is C14H20. The summed E-state index contributed by atoms with van der Waals surface area (Å²) in [6, 6.07) is 10.6. The molecule has 0 fully saturated rings. The van der Waals surface area contributed by atoms with Gasteiger partial charge in [0.25, 0.3) is 0 Å². The predicted molar refractivity (Wildman–Crippen MR) is 63.3 cm³/mol. The van der Waals surface area contributed by atoms with Crippen molar-refractivity contribution in [3.63, 3.8) is 0 Å². The summed E-state index contributed by atoms with van der Waals surface area (Å²) in [6.07, 6.45) is 3.17. The van der Waals surface area contributed by atoms with E-state index in [1.807, 2.05) is 0 Å². The van der Waals surface area contributed by atoms with Crippen molar-refractivity contribution in [2.24, 2.45) is 11.3 Å². The lowest BCUT2D eigenvalue weighted by Gasteiger charge is -2.28. The summed E-state index contributed by atoms with van der Waals surface area (Å²) in [5.74, 6) is 0.546. The van der Waals surface area contributed by atoms with Gasteiger partial charge >= 0.3 is 0 Å². The first-order valence-electron chi connectivity index (χ1n) is 5.20. The quantitative estimate of drug-likeness (QED) is 0.627. The highest BCUT2D eigenvalue weighted by Gasteiger charge is 2.21. The Hall–Kier alpha value is -1.04. The normalized spacial score (nSPS) is 13.6. The number of hydrogen-bond acceptors (Lipinski definition) is 0. The second-order valence-corrected chi connectivity index (χ2v) is 4.90. The third-order valence-electron chi connectivity index (χ3n) is 2.70. The lowest BCUT2D eigenvalue weighted by Crippen LogP contribution is -2.20. The molecule has 1 aromatic rings. The molecular weight excluding hydrogens is 168 g/mol. The molecule has 0 aliphatic heterocycles. The van der Waals surface area contributed by atoms with Gasteiger partial charge in [0, 0.05) is 0 Å². The third-order valence-corrected chi connectivity index (χ3v) is 2.70. The van der Waals surface area contributed by atoms with Gasteiger partial charge in [0.2, 0.25) is 0 Å². The fourth-order valence-corrected chi connectivity index (χ4v) is 1.61. The average Bonchev–Trinajstić information content (AvgIpc) is 2.14. The first-order valence-corrected chi connectivity index (χ1v) is 5.20. The Balaban J connectivity index is 2.72. The van der Waals surface area contributed by atoms with Crippen LogP contribution < -0.4 is 0 Å². The monoisotopic (exact) mass is 188 g/mol. The van der Waals surface area contributed by atoms with Gasteiger partial charge in [0.05, 0.1) is 0 Å². The molecule has 1 unspecified atom stereocenters. The summed E-state index contributed by atoms with van der Waals surface area (Å²) in [4.78, 5) is 0. The Morgan fingerprint density at radius 3 is 2.21 bits per heavy atom. The lowest BCUT2D eigenvalue weighted by molar-refractivity contribution is 0.292. The molecule has 0 N–H and O–H groups in total. The maximum Gasteiger partial charge on any atom is -0.0147 e. The molecule has 76 valence electrons. The van der Waals surface area contributed by atoms with E-state index < -0.39 is 0 Å². The fraction of sp³-hybridized carbons (Fsp3) is 0.429. The van der Waals surface area contributed by atoms with Crippen molar-refractivity contribution in [3.05, 3.63) is 48.6 Å². The zero-order chi connectivity index (χ0) is 10.6. The summed E-state index contributed by atoms with van der Waals surface area (Å²) in [7, 11) is 0. The first kappa shape index (κ1) is 11.0. The zero-order valence-corrected chi connectivity index (χ0v) is 9.46. The van der Waals surface area contributed by atoms with Gasteiger partial charge in [-0.2, -0.15) is 0 Å². The van der Waals surface area contributed by atoms with Crippen LogP contribution in [0.25, 0.3) is 0 Å². The Morgan fingerprint density at radius 2 is 1.79 bits per heavy atom. The summed E-state index contributed by atoms with van der Waals surface area (Å²) in [5.41, 5.74) is 1.70. The Morgan fingerprint density at radius 1 is 1.21 bits per heavy atom. The summed E-state index contributed by atoms with van der Waals surface area (Å²) < 4.78 is 0. The van der Waals surface area contributed by atoms with Crippen molar-refractivity contribution in [1.82, 2.24) is 0 Å². The van der Waals surface area contributed by atoms with Crippen LogP contribution in [0.15, 0.2) is 43.0 Å². The van der Waals surface area contributed by atoms with Gasteiger partial charge in [0.1, 0.15) is 0 Å². The SMILES string of the molecule is C=CC(Cc1ccccc1)C(C)(C)C. The predicted octanol–water partition coefficient (Wildman–Crippen LogP) is 4.08. The maximum atomic E-state index is 3.92. The van der Waals surface area contributed by atoms with Gasteiger partial charge in [-0.25, -0.2) is 0 Å². The standard InChI is InChI=1S/C14H20/c1-5-13(14(2,3)4)11-12-9-7-6-8-10-12/h5-10,13H,1,11H2,2-4H3. The number of allylic oxidation sites excluding steroid dienone is 1. The minimum atomic E-state index is 0.303. The van der Waals surface area contributed by atoms with Crippen molar-refractivity contribution in [1.29, 1.82) is 0 Å². The minimum absolute atomic E-state index is 0.303. The van der Waals surface area contributed by atoms with Crippen molar-refractivity contribution in [2.75, 3.05) is 0 Å². The molecule has 0 spiro atoms. The van der Waals surface area contributed by atoms with Crippen LogP contribution in [0.4, 0.5) is 0 Å². The minimum Gasteiger partial charge on any atom is -0.103 e. The van der Waals surface area contributed by atoms with Crippen LogP contribution >= 0.6 is 0 Å². The molecule has 1 atom stereocenters. The van der Waals surface area contributed by atoms with E-state index in [9.17, 15) is 0 Å². The summed E-state index contributed by atoms with van der Waals surface area (Å²) in [5, 5.41) is 0. The van der Waals surface area contributed by atoms with Gasteiger partial charge in [-0.05, 0) is 23.3 Å². The van der Waals surface area contributed by atoms with E-state index >= 15 is 0 Å². The third kappa shape index (κ3) is 3.02. The van der Waals surface area contributed by atoms with Gasteiger partial charge in [-0.3, -0.25) is 0 Å². The number of rotatable bonds is 3. The van der Waals surface area contributed by atoms with Crippen molar-refractivity contribution in [2.45, 2.75) is 27.2 Å². The molecule has 0 nitrogen and oxygen atoms in total. The molecule has 0 saturated heterocycles. The molecule has 0 amide bonds. The molecule has 0 radical (unpaired) electrons. The van der Waals surface area contributed by atoms with E-state index in [1.54, 1.807) is 0 Å². The highest BCUT2D eigenvalue weighted by atomic mass is 14.3. The summed E-state index contributed by atoms with van der Waals surface area (Å²) in [6.45, 7) is 10.7. The van der Waals surface area contributed by atoms with Gasteiger partial charge < -0.3 is 0 Å². The van der Waals surface area contributed by atoms with Gasteiger partial charge in [-0.1, -0.05) is 57.2 Å². The zero-order valence-electron chi connectivity index (χ0n) is 9.46.